The molecule has 2 aromatic heterocycles. The van der Waals surface area contributed by atoms with Crippen LogP contribution >= 0.6 is 0 Å². The summed E-state index contributed by atoms with van der Waals surface area (Å²) in [7, 11) is 0. The van der Waals surface area contributed by atoms with Crippen LogP contribution in [-0.4, -0.2) is 31.7 Å². The number of rotatable bonds is 5. The fraction of sp³-hybridized carbons (Fsp3) is 0.348. The molecule has 4 N–H and O–H groups in total. The molecule has 0 aliphatic carbocycles. The average molecular weight is 390 g/mol. The number of hydrogen-bond acceptors (Lipinski definition) is 3. The predicted octanol–water partition coefficient (Wildman–Crippen LogP) is 3.23. The molecule has 0 saturated heterocycles. The molecule has 0 fully saturated rings. The highest BCUT2D eigenvalue weighted by atomic mass is 16.3. The number of benzene rings is 2. The minimum Gasteiger partial charge on any atom is -0.387 e. The second-order valence-electron chi connectivity index (χ2n) is 8.13. The van der Waals surface area contributed by atoms with Crippen LogP contribution in [0.15, 0.2) is 53.5 Å². The topological polar surface area (TPSA) is 85.8 Å². The maximum Gasteiger partial charge on any atom is 0.326 e. The van der Waals surface area contributed by atoms with Gasteiger partial charge in [0, 0.05) is 41.3 Å². The first-order valence-corrected chi connectivity index (χ1v) is 10.3. The molecule has 3 atom stereocenters. The van der Waals surface area contributed by atoms with E-state index in [1.54, 1.807) is 4.57 Å². The van der Waals surface area contributed by atoms with Crippen LogP contribution in [0.5, 0.6) is 0 Å². The zero-order valence-electron chi connectivity index (χ0n) is 16.5. The Morgan fingerprint density at radius 1 is 1.21 bits per heavy atom. The molecule has 3 unspecified atom stereocenters. The lowest BCUT2D eigenvalue weighted by Crippen LogP contribution is -2.41. The highest BCUT2D eigenvalue weighted by Crippen LogP contribution is 2.30. The molecule has 6 heteroatoms. The van der Waals surface area contributed by atoms with Crippen molar-refractivity contribution in [1.82, 2.24) is 19.9 Å². The zero-order valence-corrected chi connectivity index (χ0v) is 16.5. The zero-order chi connectivity index (χ0) is 20.0. The summed E-state index contributed by atoms with van der Waals surface area (Å²) in [5.41, 5.74) is 4.83. The quantitative estimate of drug-likeness (QED) is 0.422. The normalized spacial score (nSPS) is 20.2. The third kappa shape index (κ3) is 3.18. The van der Waals surface area contributed by atoms with Crippen molar-refractivity contribution in [2.45, 2.75) is 50.9 Å². The molecule has 5 rings (SSSR count). The van der Waals surface area contributed by atoms with Crippen molar-refractivity contribution in [2.75, 3.05) is 0 Å². The first-order chi connectivity index (χ1) is 14.1. The third-order valence-electron chi connectivity index (χ3n) is 6.21. The Morgan fingerprint density at radius 3 is 2.93 bits per heavy atom. The number of imidazole rings is 1. The SMILES string of the molecule is CC(CCc1c[nH]c2ccccc12)NC1CCn2c(=O)[nH]c3cccc(c32)C1O. The van der Waals surface area contributed by atoms with Crippen molar-refractivity contribution in [1.29, 1.82) is 0 Å². The lowest BCUT2D eigenvalue weighted by molar-refractivity contribution is 0.119. The van der Waals surface area contributed by atoms with Crippen molar-refractivity contribution in [3.8, 4) is 0 Å². The van der Waals surface area contributed by atoms with Gasteiger partial charge in [0.2, 0.25) is 0 Å². The number of H-pyrrole nitrogens is 2. The molecule has 3 heterocycles. The summed E-state index contributed by atoms with van der Waals surface area (Å²) >= 11 is 0. The van der Waals surface area contributed by atoms with Crippen LogP contribution in [0.3, 0.4) is 0 Å². The van der Waals surface area contributed by atoms with Crippen molar-refractivity contribution in [3.63, 3.8) is 0 Å². The number of fused-ring (bicyclic) bond motifs is 1. The molecule has 1 aliphatic heterocycles. The number of aromatic nitrogens is 3. The van der Waals surface area contributed by atoms with Crippen LogP contribution in [0.25, 0.3) is 21.9 Å². The standard InChI is InChI=1S/C23H26N4O2/c1-14(9-10-15-13-24-18-7-3-2-5-16(15)18)25-20-11-12-27-21-17(22(20)28)6-4-8-19(21)26-23(27)29/h2-8,13-14,20,22,24-25,28H,9-12H2,1H3,(H,26,29). The molecule has 4 aromatic rings. The van der Waals surface area contributed by atoms with Gasteiger partial charge in [-0.25, -0.2) is 4.79 Å². The van der Waals surface area contributed by atoms with Crippen LogP contribution in [0, 0.1) is 0 Å². The fourth-order valence-corrected chi connectivity index (χ4v) is 4.68. The van der Waals surface area contributed by atoms with E-state index in [-0.39, 0.29) is 17.8 Å². The molecule has 1 aliphatic rings. The highest BCUT2D eigenvalue weighted by Gasteiger charge is 2.29. The number of hydrogen-bond donors (Lipinski definition) is 4. The summed E-state index contributed by atoms with van der Waals surface area (Å²) in [6.07, 6.45) is 4.11. The van der Waals surface area contributed by atoms with Gasteiger partial charge in [-0.1, -0.05) is 30.3 Å². The maximum atomic E-state index is 12.3. The van der Waals surface area contributed by atoms with Gasteiger partial charge in [-0.05, 0) is 43.9 Å². The molecule has 0 amide bonds. The molecule has 29 heavy (non-hydrogen) atoms. The average Bonchev–Trinajstić information content (AvgIpc) is 3.24. The molecular weight excluding hydrogens is 364 g/mol. The van der Waals surface area contributed by atoms with Crippen molar-refractivity contribution >= 4 is 21.9 Å². The molecule has 2 aromatic carbocycles. The molecule has 0 radical (unpaired) electrons. The van der Waals surface area contributed by atoms with Crippen LogP contribution in [0.1, 0.15) is 37.0 Å². The lowest BCUT2D eigenvalue weighted by Gasteiger charge is -2.26. The lowest BCUT2D eigenvalue weighted by atomic mass is 9.98. The van der Waals surface area contributed by atoms with Gasteiger partial charge in [-0.15, -0.1) is 0 Å². The largest absolute Gasteiger partial charge is 0.387 e. The summed E-state index contributed by atoms with van der Waals surface area (Å²) in [5, 5.41) is 16.0. The van der Waals surface area contributed by atoms with Crippen LogP contribution in [0.2, 0.25) is 0 Å². The molecular formula is C23H26N4O2. The Hall–Kier alpha value is -2.83. The van der Waals surface area contributed by atoms with Gasteiger partial charge in [-0.3, -0.25) is 4.57 Å². The van der Waals surface area contributed by atoms with Gasteiger partial charge in [0.15, 0.2) is 0 Å². The van der Waals surface area contributed by atoms with E-state index in [2.05, 4.69) is 46.6 Å². The predicted molar refractivity (Wildman–Crippen MR) is 115 cm³/mol. The van der Waals surface area contributed by atoms with E-state index < -0.39 is 6.10 Å². The maximum absolute atomic E-state index is 12.3. The number of nitrogens with one attached hydrogen (secondary N) is 3. The third-order valence-corrected chi connectivity index (χ3v) is 6.21. The Labute approximate surface area is 168 Å². The van der Waals surface area contributed by atoms with Gasteiger partial charge in [0.1, 0.15) is 0 Å². The molecule has 0 bridgehead atoms. The summed E-state index contributed by atoms with van der Waals surface area (Å²) in [5.74, 6) is 0. The molecule has 0 spiro atoms. The van der Waals surface area contributed by atoms with Gasteiger partial charge in [0.05, 0.1) is 17.1 Å². The van der Waals surface area contributed by atoms with Gasteiger partial charge < -0.3 is 20.4 Å². The Kier molecular flexibility index (Phi) is 4.53. The van der Waals surface area contributed by atoms with Gasteiger partial charge in [0.25, 0.3) is 0 Å². The number of para-hydroxylation sites is 2. The van der Waals surface area contributed by atoms with Crippen molar-refractivity contribution in [2.24, 2.45) is 0 Å². The van der Waals surface area contributed by atoms with E-state index in [0.29, 0.717) is 13.0 Å². The van der Waals surface area contributed by atoms with Crippen LogP contribution in [0.4, 0.5) is 0 Å². The highest BCUT2D eigenvalue weighted by molar-refractivity contribution is 5.83. The Balaban J connectivity index is 1.31. The van der Waals surface area contributed by atoms with Crippen LogP contribution < -0.4 is 11.0 Å². The number of aliphatic hydroxyl groups is 1. The summed E-state index contributed by atoms with van der Waals surface area (Å²) in [6, 6.07) is 14.2. The summed E-state index contributed by atoms with van der Waals surface area (Å²) in [4.78, 5) is 18.5. The molecule has 150 valence electrons. The van der Waals surface area contributed by atoms with E-state index in [9.17, 15) is 9.90 Å². The van der Waals surface area contributed by atoms with E-state index in [1.807, 2.05) is 24.3 Å². The number of aromatic amines is 2. The smallest absolute Gasteiger partial charge is 0.326 e. The number of aliphatic hydroxyl groups excluding tert-OH is 1. The van der Waals surface area contributed by atoms with Gasteiger partial charge >= 0.3 is 5.69 Å². The van der Waals surface area contributed by atoms with Crippen LogP contribution in [-0.2, 0) is 13.0 Å². The van der Waals surface area contributed by atoms with Crippen molar-refractivity contribution in [3.05, 3.63) is 70.3 Å². The Bertz CT molecular complexity index is 1220. The van der Waals surface area contributed by atoms with E-state index in [1.165, 1.54) is 16.5 Å². The monoisotopic (exact) mass is 390 g/mol. The molecule has 6 nitrogen and oxygen atoms in total. The fourth-order valence-electron chi connectivity index (χ4n) is 4.68. The van der Waals surface area contributed by atoms with Crippen molar-refractivity contribution < 1.29 is 5.11 Å². The second-order valence-corrected chi connectivity index (χ2v) is 8.13. The first kappa shape index (κ1) is 18.2. The minimum atomic E-state index is -0.641. The summed E-state index contributed by atoms with van der Waals surface area (Å²) < 4.78 is 1.76. The van der Waals surface area contributed by atoms with Gasteiger partial charge in [-0.2, -0.15) is 0 Å². The minimum absolute atomic E-state index is 0.0853. The van der Waals surface area contributed by atoms with E-state index in [0.717, 1.165) is 29.4 Å². The summed E-state index contributed by atoms with van der Waals surface area (Å²) in [6.45, 7) is 2.76. The van der Waals surface area contributed by atoms with E-state index >= 15 is 0 Å². The first-order valence-electron chi connectivity index (χ1n) is 10.3. The second kappa shape index (κ2) is 7.21. The number of aryl methyl sites for hydroxylation is 2. The molecule has 0 saturated carbocycles. The van der Waals surface area contributed by atoms with E-state index in [4.69, 9.17) is 0 Å². The Morgan fingerprint density at radius 2 is 2.03 bits per heavy atom. The number of nitrogens with zero attached hydrogens (tertiary/aromatic N) is 1.